The van der Waals surface area contributed by atoms with Crippen LogP contribution in [-0.2, 0) is 5.41 Å². The maximum Gasteiger partial charge on any atom is 0.160 e. The van der Waals surface area contributed by atoms with Crippen molar-refractivity contribution >= 4 is 21.9 Å². The first-order valence-electron chi connectivity index (χ1n) is 21.1. The summed E-state index contributed by atoms with van der Waals surface area (Å²) >= 11 is 0. The summed E-state index contributed by atoms with van der Waals surface area (Å²) in [6, 6.07) is 82.3. The smallest absolute Gasteiger partial charge is 0.160 e. The van der Waals surface area contributed by atoms with E-state index >= 15 is 0 Å². The molecule has 0 unspecified atom stereocenters. The van der Waals surface area contributed by atoms with E-state index in [-0.39, 0.29) is 0 Å². The second kappa shape index (κ2) is 14.5. The molecule has 2 aromatic heterocycles. The van der Waals surface area contributed by atoms with Gasteiger partial charge in [0.1, 0.15) is 11.2 Å². The highest BCUT2D eigenvalue weighted by Crippen LogP contribution is 2.58. The lowest BCUT2D eigenvalue weighted by Gasteiger charge is -2.35. The Bertz CT molecular complexity index is 3400. The molecule has 0 saturated carbocycles. The molecule has 0 spiro atoms. The Labute approximate surface area is 360 Å². The van der Waals surface area contributed by atoms with Crippen molar-refractivity contribution in [3.63, 3.8) is 0 Å². The Hall–Kier alpha value is -8.14. The van der Waals surface area contributed by atoms with Crippen LogP contribution in [0.15, 0.2) is 235 Å². The SMILES string of the molecule is c1ccc(-c2nc(-c3cccc(-c4ccc(-c5ccc6oc7ccccc7c6c5)cc4)c3)cc(-c3cccc4c3C(c3ccccc3)(c3ccccc3)c3ccccc3-4)n2)cc1. The van der Waals surface area contributed by atoms with Gasteiger partial charge in [-0.15, -0.1) is 0 Å². The van der Waals surface area contributed by atoms with Crippen LogP contribution in [0.3, 0.4) is 0 Å². The molecule has 0 radical (unpaired) electrons. The number of hydrogen-bond acceptors (Lipinski definition) is 3. The lowest BCUT2D eigenvalue weighted by molar-refractivity contribution is 0.669. The standard InChI is InChI=1S/C59H38N2O/c1-4-16-41(17-5-1)58-60-53(44-19-14-18-42(36-44)39-30-32-40(33-31-39)43-34-35-56-51(37-43)48-25-11-13-29-55(48)62-56)38-54(61-58)50-27-15-26-49-47-24-10-12-28-52(47)59(57(49)50,45-20-6-2-7-21-45)46-22-8-3-9-23-46/h1-38H. The molecule has 3 nitrogen and oxygen atoms in total. The number of para-hydroxylation sites is 1. The van der Waals surface area contributed by atoms with Crippen molar-refractivity contribution in [2.45, 2.75) is 5.41 Å². The fourth-order valence-electron chi connectivity index (χ4n) is 9.78. The van der Waals surface area contributed by atoms with Crippen LogP contribution in [0.4, 0.5) is 0 Å². The first kappa shape index (κ1) is 35.8. The molecule has 62 heavy (non-hydrogen) atoms. The van der Waals surface area contributed by atoms with Gasteiger partial charge in [-0.1, -0.05) is 200 Å². The second-order valence-electron chi connectivity index (χ2n) is 16.1. The molecular formula is C59H38N2O. The number of benzene rings is 9. The van der Waals surface area contributed by atoms with E-state index in [0.717, 1.165) is 72.3 Å². The van der Waals surface area contributed by atoms with Crippen LogP contribution in [0.2, 0.25) is 0 Å². The summed E-state index contributed by atoms with van der Waals surface area (Å²) in [7, 11) is 0. The largest absolute Gasteiger partial charge is 0.456 e. The lowest BCUT2D eigenvalue weighted by atomic mass is 9.66. The van der Waals surface area contributed by atoms with Crippen molar-refractivity contribution in [3.05, 3.63) is 253 Å². The van der Waals surface area contributed by atoms with Crippen LogP contribution < -0.4 is 0 Å². The Morgan fingerprint density at radius 1 is 0.323 bits per heavy atom. The minimum atomic E-state index is -0.576. The van der Waals surface area contributed by atoms with Crippen molar-refractivity contribution < 1.29 is 4.42 Å². The number of aromatic nitrogens is 2. The van der Waals surface area contributed by atoms with Crippen molar-refractivity contribution in [1.29, 1.82) is 0 Å². The highest BCUT2D eigenvalue weighted by atomic mass is 16.3. The van der Waals surface area contributed by atoms with Crippen molar-refractivity contribution in [1.82, 2.24) is 9.97 Å². The van der Waals surface area contributed by atoms with Crippen LogP contribution in [0, 0.1) is 0 Å². The molecule has 11 aromatic rings. The van der Waals surface area contributed by atoms with Gasteiger partial charge in [0, 0.05) is 27.5 Å². The molecule has 0 aliphatic heterocycles. The van der Waals surface area contributed by atoms with Crippen LogP contribution in [0.25, 0.3) is 89.2 Å². The van der Waals surface area contributed by atoms with Crippen molar-refractivity contribution in [2.75, 3.05) is 0 Å². The highest BCUT2D eigenvalue weighted by Gasteiger charge is 2.47. The first-order valence-corrected chi connectivity index (χ1v) is 21.1. The van der Waals surface area contributed by atoms with Gasteiger partial charge >= 0.3 is 0 Å². The van der Waals surface area contributed by atoms with Crippen LogP contribution in [0.1, 0.15) is 22.3 Å². The number of hydrogen-bond donors (Lipinski definition) is 0. The van der Waals surface area contributed by atoms with E-state index in [1.54, 1.807) is 0 Å². The monoisotopic (exact) mass is 790 g/mol. The van der Waals surface area contributed by atoms with Crippen LogP contribution in [0.5, 0.6) is 0 Å². The molecule has 0 saturated heterocycles. The van der Waals surface area contributed by atoms with Crippen LogP contribution in [-0.4, -0.2) is 9.97 Å². The molecular weight excluding hydrogens is 753 g/mol. The van der Waals surface area contributed by atoms with E-state index in [9.17, 15) is 0 Å². The molecule has 0 fully saturated rings. The molecule has 0 atom stereocenters. The molecule has 0 N–H and O–H groups in total. The first-order chi connectivity index (χ1) is 30.7. The number of nitrogens with zero attached hydrogens (tertiary/aromatic N) is 2. The second-order valence-corrected chi connectivity index (χ2v) is 16.1. The van der Waals surface area contributed by atoms with E-state index in [2.05, 4.69) is 212 Å². The van der Waals surface area contributed by atoms with Crippen molar-refractivity contribution in [3.8, 4) is 67.3 Å². The van der Waals surface area contributed by atoms with Gasteiger partial charge in [0.05, 0.1) is 16.8 Å². The third kappa shape index (κ3) is 5.74. The summed E-state index contributed by atoms with van der Waals surface area (Å²) in [6.45, 7) is 0. The van der Waals surface area contributed by atoms with Gasteiger partial charge in [0.15, 0.2) is 5.82 Å². The van der Waals surface area contributed by atoms with Gasteiger partial charge in [-0.3, -0.25) is 0 Å². The summed E-state index contributed by atoms with van der Waals surface area (Å²) in [4.78, 5) is 10.7. The number of fused-ring (bicyclic) bond motifs is 6. The third-order valence-corrected chi connectivity index (χ3v) is 12.6. The minimum absolute atomic E-state index is 0.576. The summed E-state index contributed by atoms with van der Waals surface area (Å²) in [5.41, 5.74) is 18.0. The average Bonchev–Trinajstić information content (AvgIpc) is 3.88. The molecule has 0 amide bonds. The molecule has 1 aliphatic carbocycles. The molecule has 3 heteroatoms. The van der Waals surface area contributed by atoms with E-state index in [1.807, 2.05) is 18.2 Å². The zero-order valence-electron chi connectivity index (χ0n) is 33.7. The lowest BCUT2D eigenvalue weighted by Crippen LogP contribution is -2.29. The van der Waals surface area contributed by atoms with Gasteiger partial charge in [0.2, 0.25) is 0 Å². The number of furan rings is 1. The van der Waals surface area contributed by atoms with Crippen molar-refractivity contribution in [2.24, 2.45) is 0 Å². The van der Waals surface area contributed by atoms with Gasteiger partial charge in [-0.2, -0.15) is 0 Å². The molecule has 9 aromatic carbocycles. The maximum atomic E-state index is 6.10. The van der Waals surface area contributed by atoms with E-state index < -0.39 is 5.41 Å². The summed E-state index contributed by atoms with van der Waals surface area (Å²) < 4.78 is 6.10. The fraction of sp³-hybridized carbons (Fsp3) is 0.0169. The molecule has 2 heterocycles. The Morgan fingerprint density at radius 3 is 1.61 bits per heavy atom. The molecule has 0 bridgehead atoms. The van der Waals surface area contributed by atoms with Crippen LogP contribution >= 0.6 is 0 Å². The number of rotatable bonds is 7. The topological polar surface area (TPSA) is 38.9 Å². The molecule has 12 rings (SSSR count). The van der Waals surface area contributed by atoms with E-state index in [1.165, 1.54) is 33.4 Å². The normalized spacial score (nSPS) is 12.6. The quantitative estimate of drug-likeness (QED) is 0.161. The predicted octanol–water partition coefficient (Wildman–Crippen LogP) is 15.1. The maximum absolute atomic E-state index is 6.10. The zero-order chi connectivity index (χ0) is 41.0. The Morgan fingerprint density at radius 2 is 0.855 bits per heavy atom. The fourth-order valence-corrected chi connectivity index (χ4v) is 9.78. The average molecular weight is 791 g/mol. The third-order valence-electron chi connectivity index (χ3n) is 12.6. The Balaban J connectivity index is 1.00. The highest BCUT2D eigenvalue weighted by molar-refractivity contribution is 6.06. The van der Waals surface area contributed by atoms with Gasteiger partial charge in [-0.05, 0) is 86.0 Å². The van der Waals surface area contributed by atoms with Gasteiger partial charge in [0.25, 0.3) is 0 Å². The summed E-state index contributed by atoms with van der Waals surface area (Å²) in [6.07, 6.45) is 0. The van der Waals surface area contributed by atoms with Gasteiger partial charge in [-0.25, -0.2) is 9.97 Å². The zero-order valence-corrected chi connectivity index (χ0v) is 33.7. The predicted molar refractivity (Wildman–Crippen MR) is 254 cm³/mol. The minimum Gasteiger partial charge on any atom is -0.456 e. The summed E-state index contributed by atoms with van der Waals surface area (Å²) in [5.74, 6) is 0.688. The molecule has 1 aliphatic rings. The molecule has 290 valence electrons. The van der Waals surface area contributed by atoms with Gasteiger partial charge < -0.3 is 4.42 Å². The van der Waals surface area contributed by atoms with E-state index in [4.69, 9.17) is 14.4 Å². The summed E-state index contributed by atoms with van der Waals surface area (Å²) in [5, 5.41) is 2.26. The van der Waals surface area contributed by atoms with E-state index in [0.29, 0.717) is 5.82 Å². The Kier molecular flexibility index (Phi) is 8.39.